The van der Waals surface area contributed by atoms with Gasteiger partial charge in [0.05, 0.1) is 6.04 Å². The summed E-state index contributed by atoms with van der Waals surface area (Å²) in [6.45, 7) is 2.16. The summed E-state index contributed by atoms with van der Waals surface area (Å²) in [5, 5.41) is 0. The first-order valence-electron chi connectivity index (χ1n) is 7.26. The summed E-state index contributed by atoms with van der Waals surface area (Å²) in [4.78, 5) is 2.49. The highest BCUT2D eigenvalue weighted by atomic mass is 15.2. The van der Waals surface area contributed by atoms with Crippen LogP contribution in [0, 0.1) is 11.8 Å². The zero-order valence-electron chi connectivity index (χ0n) is 11.6. The summed E-state index contributed by atoms with van der Waals surface area (Å²) < 4.78 is 0. The second-order valence-electron chi connectivity index (χ2n) is 5.25. The van der Waals surface area contributed by atoms with Crippen LogP contribution < -0.4 is 0 Å². The number of likely N-dealkylation sites (tertiary alicyclic amines) is 1. The standard InChI is InChI=1S/C19H19N/c1-3-8-17(9-4-1)13-14-19-12-7-15-20(19)16-18-10-5-2-6-11-18/h1-6,8-11,19H,7,12,15-16H2/t19-/m0/s1. The number of hydrogen-bond acceptors (Lipinski definition) is 1. The predicted molar refractivity (Wildman–Crippen MR) is 83.2 cm³/mol. The van der Waals surface area contributed by atoms with Crippen molar-refractivity contribution in [3.8, 4) is 11.8 Å². The van der Waals surface area contributed by atoms with Crippen molar-refractivity contribution in [3.63, 3.8) is 0 Å². The quantitative estimate of drug-likeness (QED) is 0.745. The van der Waals surface area contributed by atoms with Crippen LogP contribution in [0.3, 0.4) is 0 Å². The lowest BCUT2D eigenvalue weighted by Gasteiger charge is -2.20. The Kier molecular flexibility index (Phi) is 4.16. The topological polar surface area (TPSA) is 3.24 Å². The third-order valence-electron chi connectivity index (χ3n) is 3.75. The maximum Gasteiger partial charge on any atom is 0.0721 e. The molecule has 20 heavy (non-hydrogen) atoms. The van der Waals surface area contributed by atoms with E-state index in [2.05, 4.69) is 59.2 Å². The molecule has 3 rings (SSSR count). The minimum Gasteiger partial charge on any atom is -0.285 e. The van der Waals surface area contributed by atoms with Gasteiger partial charge in [-0.05, 0) is 37.1 Å². The molecule has 0 aliphatic carbocycles. The Labute approximate surface area is 121 Å². The van der Waals surface area contributed by atoms with Crippen molar-refractivity contribution in [1.82, 2.24) is 4.90 Å². The molecule has 0 amide bonds. The third kappa shape index (κ3) is 3.29. The van der Waals surface area contributed by atoms with Crippen molar-refractivity contribution in [1.29, 1.82) is 0 Å². The minimum atomic E-state index is 0.399. The van der Waals surface area contributed by atoms with Crippen LogP contribution in [0.5, 0.6) is 0 Å². The van der Waals surface area contributed by atoms with E-state index in [1.807, 2.05) is 18.2 Å². The summed E-state index contributed by atoms with van der Waals surface area (Å²) in [5.74, 6) is 6.75. The molecule has 1 fully saturated rings. The second-order valence-corrected chi connectivity index (χ2v) is 5.25. The largest absolute Gasteiger partial charge is 0.285 e. The van der Waals surface area contributed by atoms with Gasteiger partial charge in [0.15, 0.2) is 0 Å². The number of hydrogen-bond donors (Lipinski definition) is 0. The molecule has 0 N–H and O–H groups in total. The molecule has 0 saturated carbocycles. The molecule has 0 aromatic heterocycles. The maximum atomic E-state index is 3.44. The molecule has 1 atom stereocenters. The van der Waals surface area contributed by atoms with E-state index >= 15 is 0 Å². The number of nitrogens with zero attached hydrogens (tertiary/aromatic N) is 1. The van der Waals surface area contributed by atoms with E-state index in [0.717, 1.165) is 18.7 Å². The third-order valence-corrected chi connectivity index (χ3v) is 3.75. The zero-order chi connectivity index (χ0) is 13.6. The van der Waals surface area contributed by atoms with Crippen LogP contribution in [-0.4, -0.2) is 17.5 Å². The van der Waals surface area contributed by atoms with Gasteiger partial charge in [-0.25, -0.2) is 0 Å². The van der Waals surface area contributed by atoms with Gasteiger partial charge < -0.3 is 0 Å². The van der Waals surface area contributed by atoms with Crippen molar-refractivity contribution in [3.05, 3.63) is 71.8 Å². The molecule has 0 bridgehead atoms. The molecule has 1 saturated heterocycles. The van der Waals surface area contributed by atoms with Crippen molar-refractivity contribution in [2.24, 2.45) is 0 Å². The lowest BCUT2D eigenvalue weighted by atomic mass is 10.1. The molecule has 0 unspecified atom stereocenters. The molecule has 0 radical (unpaired) electrons. The lowest BCUT2D eigenvalue weighted by molar-refractivity contribution is 0.288. The molecule has 1 heterocycles. The summed E-state index contributed by atoms with van der Waals surface area (Å²) in [7, 11) is 0. The average molecular weight is 261 g/mol. The normalized spacial score (nSPS) is 18.5. The van der Waals surface area contributed by atoms with E-state index in [4.69, 9.17) is 0 Å². The monoisotopic (exact) mass is 261 g/mol. The Morgan fingerprint density at radius 1 is 0.950 bits per heavy atom. The molecule has 0 spiro atoms. The molecule has 100 valence electrons. The summed E-state index contributed by atoms with van der Waals surface area (Å²) in [5.41, 5.74) is 2.49. The second kappa shape index (κ2) is 6.41. The molecular formula is C19H19N. The van der Waals surface area contributed by atoms with Gasteiger partial charge in [0, 0.05) is 12.1 Å². The summed E-state index contributed by atoms with van der Waals surface area (Å²) >= 11 is 0. The molecule has 1 heteroatoms. The first-order valence-corrected chi connectivity index (χ1v) is 7.26. The van der Waals surface area contributed by atoms with Crippen LogP contribution in [0.4, 0.5) is 0 Å². The Balaban J connectivity index is 1.69. The van der Waals surface area contributed by atoms with Gasteiger partial charge in [0.25, 0.3) is 0 Å². The smallest absolute Gasteiger partial charge is 0.0721 e. The zero-order valence-corrected chi connectivity index (χ0v) is 11.6. The van der Waals surface area contributed by atoms with E-state index in [-0.39, 0.29) is 0 Å². The highest BCUT2D eigenvalue weighted by Crippen LogP contribution is 2.19. The lowest BCUT2D eigenvalue weighted by Crippen LogP contribution is -2.27. The molecule has 1 aliphatic rings. The number of benzene rings is 2. The van der Waals surface area contributed by atoms with Gasteiger partial charge in [0.1, 0.15) is 0 Å². The van der Waals surface area contributed by atoms with Crippen molar-refractivity contribution in [2.45, 2.75) is 25.4 Å². The van der Waals surface area contributed by atoms with E-state index in [9.17, 15) is 0 Å². The molecule has 2 aromatic carbocycles. The van der Waals surface area contributed by atoms with Crippen LogP contribution >= 0.6 is 0 Å². The molecule has 1 nitrogen and oxygen atoms in total. The van der Waals surface area contributed by atoms with Crippen molar-refractivity contribution < 1.29 is 0 Å². The molecule has 2 aromatic rings. The van der Waals surface area contributed by atoms with E-state index < -0.39 is 0 Å². The SMILES string of the molecule is C(#C[C@@H]1CCCN1Cc1ccccc1)c1ccccc1. The highest BCUT2D eigenvalue weighted by molar-refractivity contribution is 5.35. The fourth-order valence-electron chi connectivity index (χ4n) is 2.68. The van der Waals surface area contributed by atoms with Gasteiger partial charge in [0.2, 0.25) is 0 Å². The highest BCUT2D eigenvalue weighted by Gasteiger charge is 2.22. The van der Waals surface area contributed by atoms with E-state index in [1.54, 1.807) is 0 Å². The van der Waals surface area contributed by atoms with E-state index in [1.165, 1.54) is 18.4 Å². The predicted octanol–water partition coefficient (Wildman–Crippen LogP) is 3.70. The van der Waals surface area contributed by atoms with E-state index in [0.29, 0.717) is 6.04 Å². The molecular weight excluding hydrogens is 242 g/mol. The van der Waals surface area contributed by atoms with Crippen molar-refractivity contribution in [2.75, 3.05) is 6.54 Å². The van der Waals surface area contributed by atoms with Crippen LogP contribution in [0.1, 0.15) is 24.0 Å². The van der Waals surface area contributed by atoms with Gasteiger partial charge >= 0.3 is 0 Å². The van der Waals surface area contributed by atoms with Crippen LogP contribution in [0.15, 0.2) is 60.7 Å². The summed E-state index contributed by atoms with van der Waals surface area (Å²) in [6.07, 6.45) is 2.44. The molecule has 1 aliphatic heterocycles. The van der Waals surface area contributed by atoms with Crippen LogP contribution in [0.2, 0.25) is 0 Å². The van der Waals surface area contributed by atoms with Crippen LogP contribution in [-0.2, 0) is 6.54 Å². The fourth-order valence-corrected chi connectivity index (χ4v) is 2.68. The first-order chi connectivity index (χ1) is 9.92. The van der Waals surface area contributed by atoms with Gasteiger partial charge in [-0.1, -0.05) is 60.4 Å². The van der Waals surface area contributed by atoms with Gasteiger partial charge in [-0.3, -0.25) is 4.90 Å². The van der Waals surface area contributed by atoms with Gasteiger partial charge in [-0.2, -0.15) is 0 Å². The summed E-state index contributed by atoms with van der Waals surface area (Å²) in [6, 6.07) is 21.3. The average Bonchev–Trinajstić information content (AvgIpc) is 2.94. The first kappa shape index (κ1) is 13.0. The number of rotatable bonds is 2. The Morgan fingerprint density at radius 2 is 1.65 bits per heavy atom. The minimum absolute atomic E-state index is 0.399. The fraction of sp³-hybridized carbons (Fsp3) is 0.263. The van der Waals surface area contributed by atoms with Gasteiger partial charge in [-0.15, -0.1) is 0 Å². The maximum absolute atomic E-state index is 3.44. The van der Waals surface area contributed by atoms with Crippen molar-refractivity contribution >= 4 is 0 Å². The Hall–Kier alpha value is -2.04. The Morgan fingerprint density at radius 3 is 2.40 bits per heavy atom. The van der Waals surface area contributed by atoms with Crippen LogP contribution in [0.25, 0.3) is 0 Å². The Bertz CT molecular complexity index is 592.